The second-order valence-corrected chi connectivity index (χ2v) is 4.24. The molecule has 1 aliphatic rings. The Balaban J connectivity index is 2.97. The smallest absolute Gasteiger partial charge is 0.239 e. The molecule has 14 heavy (non-hydrogen) atoms. The van der Waals surface area contributed by atoms with Gasteiger partial charge in [0.25, 0.3) is 0 Å². The minimum atomic E-state index is -0.549. The van der Waals surface area contributed by atoms with E-state index in [1.54, 1.807) is 0 Å². The first kappa shape index (κ1) is 11.5. The number of hydrogen-bond acceptors (Lipinski definition) is 3. The van der Waals surface area contributed by atoms with Crippen LogP contribution in [0.5, 0.6) is 0 Å². The summed E-state index contributed by atoms with van der Waals surface area (Å²) in [7, 11) is 0. The third-order valence-corrected chi connectivity index (χ3v) is 3.30. The number of carbonyl (C=O) groups excluding carboxylic acids is 1. The van der Waals surface area contributed by atoms with Crippen molar-refractivity contribution in [3.8, 4) is 0 Å². The molecule has 2 N–H and O–H groups in total. The average molecular weight is 230 g/mol. The van der Waals surface area contributed by atoms with Crippen LogP contribution >= 0.6 is 24.4 Å². The van der Waals surface area contributed by atoms with Crippen LogP contribution in [0.4, 0.5) is 0 Å². The fourth-order valence-electron chi connectivity index (χ4n) is 1.73. The maximum atomic E-state index is 11.8. The summed E-state index contributed by atoms with van der Waals surface area (Å²) < 4.78 is 0. The maximum absolute atomic E-state index is 11.8. The highest BCUT2D eigenvalue weighted by atomic mass is 32.1. The van der Waals surface area contributed by atoms with Crippen LogP contribution in [0.2, 0.25) is 0 Å². The number of rotatable bonds is 3. The molecule has 1 fully saturated rings. The minimum absolute atomic E-state index is 0.0596. The minimum Gasteiger partial charge on any atom is -0.326 e. The standard InChI is InChI=1S/C9H14N2OS2/c1-3-5-9(4-2)6(12)10-8(14)11-7(9)13/h3-5H2,1-2H3,(H2,10,11,12,13,14). The Hall–Kier alpha value is -0.550. The van der Waals surface area contributed by atoms with Crippen molar-refractivity contribution in [2.75, 3.05) is 0 Å². The normalized spacial score (nSPS) is 27.1. The van der Waals surface area contributed by atoms with Crippen LogP contribution in [0.1, 0.15) is 33.1 Å². The Morgan fingerprint density at radius 3 is 2.36 bits per heavy atom. The van der Waals surface area contributed by atoms with Crippen LogP contribution in [0.3, 0.4) is 0 Å². The lowest BCUT2D eigenvalue weighted by Crippen LogP contribution is -2.61. The van der Waals surface area contributed by atoms with Crippen molar-refractivity contribution >= 4 is 40.4 Å². The third-order valence-electron chi connectivity index (χ3n) is 2.60. The van der Waals surface area contributed by atoms with Gasteiger partial charge in [-0.1, -0.05) is 32.5 Å². The van der Waals surface area contributed by atoms with Crippen LogP contribution in [-0.4, -0.2) is 16.0 Å². The zero-order chi connectivity index (χ0) is 10.8. The van der Waals surface area contributed by atoms with Crippen LogP contribution in [-0.2, 0) is 4.79 Å². The lowest BCUT2D eigenvalue weighted by Gasteiger charge is -2.36. The first-order valence-electron chi connectivity index (χ1n) is 4.73. The van der Waals surface area contributed by atoms with E-state index in [9.17, 15) is 4.79 Å². The molecule has 78 valence electrons. The highest BCUT2D eigenvalue weighted by Gasteiger charge is 2.43. The molecule has 0 aromatic rings. The van der Waals surface area contributed by atoms with Crippen molar-refractivity contribution in [1.29, 1.82) is 0 Å². The Morgan fingerprint density at radius 1 is 1.29 bits per heavy atom. The molecule has 0 aromatic heterocycles. The number of hydrogen-bond donors (Lipinski definition) is 2. The average Bonchev–Trinajstić information content (AvgIpc) is 2.11. The van der Waals surface area contributed by atoms with Crippen LogP contribution in [0.15, 0.2) is 0 Å². The van der Waals surface area contributed by atoms with Gasteiger partial charge in [0.1, 0.15) is 0 Å². The summed E-state index contributed by atoms with van der Waals surface area (Å²) in [4.78, 5) is 12.4. The van der Waals surface area contributed by atoms with Crippen molar-refractivity contribution in [3.63, 3.8) is 0 Å². The number of carbonyl (C=O) groups is 1. The highest BCUT2D eigenvalue weighted by Crippen LogP contribution is 2.31. The van der Waals surface area contributed by atoms with Gasteiger partial charge >= 0.3 is 0 Å². The predicted molar refractivity (Wildman–Crippen MR) is 64.1 cm³/mol. The fourth-order valence-corrected chi connectivity index (χ4v) is 2.43. The van der Waals surface area contributed by atoms with E-state index < -0.39 is 5.41 Å². The van der Waals surface area contributed by atoms with E-state index in [0.29, 0.717) is 16.5 Å². The molecule has 5 heteroatoms. The van der Waals surface area contributed by atoms with Gasteiger partial charge in [-0.25, -0.2) is 0 Å². The topological polar surface area (TPSA) is 41.1 Å². The second kappa shape index (κ2) is 4.31. The quantitative estimate of drug-likeness (QED) is 0.721. The molecule has 0 saturated carbocycles. The van der Waals surface area contributed by atoms with Gasteiger partial charge in [-0.15, -0.1) is 0 Å². The van der Waals surface area contributed by atoms with Gasteiger partial charge in [-0.2, -0.15) is 0 Å². The highest BCUT2D eigenvalue weighted by molar-refractivity contribution is 7.82. The molecule has 1 unspecified atom stereocenters. The van der Waals surface area contributed by atoms with Crippen molar-refractivity contribution in [2.24, 2.45) is 5.41 Å². The Labute approximate surface area is 94.6 Å². The summed E-state index contributed by atoms with van der Waals surface area (Å²) in [5.41, 5.74) is -0.549. The molecule has 0 aliphatic carbocycles. The molecule has 0 spiro atoms. The summed E-state index contributed by atoms with van der Waals surface area (Å²) in [6.07, 6.45) is 2.40. The van der Waals surface area contributed by atoms with Crippen molar-refractivity contribution in [3.05, 3.63) is 0 Å². The molecule has 1 heterocycles. The Morgan fingerprint density at radius 2 is 1.93 bits per heavy atom. The summed E-state index contributed by atoms with van der Waals surface area (Å²) in [6.45, 7) is 4.01. The van der Waals surface area contributed by atoms with Gasteiger partial charge in [-0.3, -0.25) is 4.79 Å². The third kappa shape index (κ3) is 1.79. The molecular formula is C9H14N2OS2. The summed E-state index contributed by atoms with van der Waals surface area (Å²) >= 11 is 10.1. The number of amides is 1. The molecule has 1 atom stereocenters. The maximum Gasteiger partial charge on any atom is 0.239 e. The van der Waals surface area contributed by atoms with Gasteiger partial charge < -0.3 is 10.6 Å². The number of nitrogens with one attached hydrogen (secondary N) is 2. The molecule has 1 aliphatic heterocycles. The van der Waals surface area contributed by atoms with Gasteiger partial charge in [0, 0.05) is 0 Å². The zero-order valence-electron chi connectivity index (χ0n) is 8.35. The van der Waals surface area contributed by atoms with Gasteiger partial charge in [-0.05, 0) is 25.1 Å². The molecule has 0 aromatic carbocycles. The SMILES string of the molecule is CCCC1(CC)C(=O)NC(=S)NC1=S. The summed E-state index contributed by atoms with van der Waals surface area (Å²) in [6, 6.07) is 0. The summed E-state index contributed by atoms with van der Waals surface area (Å²) in [5.74, 6) is -0.0596. The van der Waals surface area contributed by atoms with Crippen molar-refractivity contribution in [2.45, 2.75) is 33.1 Å². The van der Waals surface area contributed by atoms with Gasteiger partial charge in [0.05, 0.1) is 10.4 Å². The van der Waals surface area contributed by atoms with E-state index in [1.165, 1.54) is 0 Å². The van der Waals surface area contributed by atoms with E-state index in [-0.39, 0.29) is 5.91 Å². The molecule has 1 rings (SSSR count). The van der Waals surface area contributed by atoms with Gasteiger partial charge in [0.15, 0.2) is 5.11 Å². The van der Waals surface area contributed by atoms with Gasteiger partial charge in [0.2, 0.25) is 5.91 Å². The zero-order valence-corrected chi connectivity index (χ0v) is 9.98. The molecule has 0 bridgehead atoms. The summed E-state index contributed by atoms with van der Waals surface area (Å²) in [5, 5.41) is 5.82. The van der Waals surface area contributed by atoms with Crippen LogP contribution < -0.4 is 10.6 Å². The second-order valence-electron chi connectivity index (χ2n) is 3.42. The largest absolute Gasteiger partial charge is 0.326 e. The predicted octanol–water partition coefficient (Wildman–Crippen LogP) is 1.51. The lowest BCUT2D eigenvalue weighted by atomic mass is 9.78. The Bertz CT molecular complexity index is 269. The van der Waals surface area contributed by atoms with Crippen LogP contribution in [0.25, 0.3) is 0 Å². The Kier molecular flexibility index (Phi) is 3.55. The molecular weight excluding hydrogens is 216 g/mol. The van der Waals surface area contributed by atoms with Crippen molar-refractivity contribution < 1.29 is 4.79 Å². The fraction of sp³-hybridized carbons (Fsp3) is 0.667. The first-order valence-corrected chi connectivity index (χ1v) is 5.55. The van der Waals surface area contributed by atoms with E-state index in [1.807, 2.05) is 13.8 Å². The lowest BCUT2D eigenvalue weighted by molar-refractivity contribution is -0.126. The van der Waals surface area contributed by atoms with E-state index in [0.717, 1.165) is 12.8 Å². The number of thiocarbonyl (C=S) groups is 2. The van der Waals surface area contributed by atoms with Crippen LogP contribution in [0, 0.1) is 5.41 Å². The first-order chi connectivity index (χ1) is 6.56. The van der Waals surface area contributed by atoms with E-state index in [2.05, 4.69) is 10.6 Å². The molecule has 1 saturated heterocycles. The molecule has 0 radical (unpaired) electrons. The molecule has 3 nitrogen and oxygen atoms in total. The molecule has 1 amide bonds. The van der Waals surface area contributed by atoms with E-state index >= 15 is 0 Å². The monoisotopic (exact) mass is 230 g/mol. The van der Waals surface area contributed by atoms with E-state index in [4.69, 9.17) is 24.4 Å². The van der Waals surface area contributed by atoms with Crippen molar-refractivity contribution in [1.82, 2.24) is 10.6 Å².